The van der Waals surface area contributed by atoms with E-state index >= 15 is 4.39 Å². The SMILES string of the molecule is CCOC(=O)c1cn(C2CC2)c2c(F)c(-c3ccc4c(c3)CN(S(=O)(=O)c3ccc(C)cc3)C4)ccc2c1=O. The Labute approximate surface area is 225 Å². The number of ether oxygens (including phenoxy) is 1. The molecule has 1 aromatic heterocycles. The van der Waals surface area contributed by atoms with Crippen LogP contribution in [0.1, 0.15) is 52.9 Å². The summed E-state index contributed by atoms with van der Waals surface area (Å²) in [5.74, 6) is -1.26. The van der Waals surface area contributed by atoms with E-state index in [0.29, 0.717) is 11.1 Å². The Morgan fingerprint density at radius 1 is 1.03 bits per heavy atom. The average molecular weight is 547 g/mol. The van der Waals surface area contributed by atoms with Crippen LogP contribution >= 0.6 is 0 Å². The molecule has 0 spiro atoms. The Hall–Kier alpha value is -3.82. The topological polar surface area (TPSA) is 85.7 Å². The van der Waals surface area contributed by atoms with E-state index in [1.165, 1.54) is 10.5 Å². The molecular weight excluding hydrogens is 519 g/mol. The van der Waals surface area contributed by atoms with Crippen molar-refractivity contribution >= 4 is 26.9 Å². The molecule has 1 aliphatic heterocycles. The van der Waals surface area contributed by atoms with Gasteiger partial charge in [-0.25, -0.2) is 17.6 Å². The number of nitrogens with zero attached hydrogens (tertiary/aromatic N) is 2. The van der Waals surface area contributed by atoms with Gasteiger partial charge >= 0.3 is 5.97 Å². The van der Waals surface area contributed by atoms with Gasteiger partial charge < -0.3 is 9.30 Å². The standard InChI is InChI=1S/C30H27FN2O5S/c1-3-38-30(35)26-17-33(22-8-9-22)28-25(29(26)34)13-12-24(27(28)31)19-6-7-20-15-32(16-21(20)14-19)39(36,37)23-10-4-18(2)5-11-23/h4-7,10-14,17,22H,3,8-9,15-16H2,1-2H3. The van der Waals surface area contributed by atoms with Crippen molar-refractivity contribution in [1.29, 1.82) is 0 Å². The fourth-order valence-corrected chi connectivity index (χ4v) is 6.58. The number of hydrogen-bond acceptors (Lipinski definition) is 5. The minimum Gasteiger partial charge on any atom is -0.462 e. The monoisotopic (exact) mass is 546 g/mol. The highest BCUT2D eigenvalue weighted by Gasteiger charge is 2.32. The second-order valence-electron chi connectivity index (χ2n) is 10.1. The third-order valence-corrected chi connectivity index (χ3v) is 9.24. The molecule has 7 nitrogen and oxygen atoms in total. The van der Waals surface area contributed by atoms with Crippen LogP contribution in [0.25, 0.3) is 22.0 Å². The smallest absolute Gasteiger partial charge is 0.343 e. The van der Waals surface area contributed by atoms with Crippen LogP contribution in [0.2, 0.25) is 0 Å². The summed E-state index contributed by atoms with van der Waals surface area (Å²) >= 11 is 0. The summed E-state index contributed by atoms with van der Waals surface area (Å²) < 4.78 is 50.8. The summed E-state index contributed by atoms with van der Waals surface area (Å²) in [5.41, 5.74) is 3.05. The number of aromatic nitrogens is 1. The molecule has 0 amide bonds. The average Bonchev–Trinajstić information content (AvgIpc) is 3.67. The zero-order valence-corrected chi connectivity index (χ0v) is 22.4. The third-order valence-electron chi connectivity index (χ3n) is 7.44. The molecule has 9 heteroatoms. The molecule has 2 aliphatic rings. The molecule has 0 saturated heterocycles. The second kappa shape index (κ2) is 9.43. The third kappa shape index (κ3) is 4.35. The van der Waals surface area contributed by atoms with E-state index in [2.05, 4.69) is 0 Å². The summed E-state index contributed by atoms with van der Waals surface area (Å²) in [5, 5.41) is 0.130. The lowest BCUT2D eigenvalue weighted by molar-refractivity contribution is 0.0524. The van der Waals surface area contributed by atoms with Crippen LogP contribution in [0.3, 0.4) is 0 Å². The predicted octanol–water partition coefficient (Wildman–Crippen LogP) is 5.33. The fourth-order valence-electron chi connectivity index (χ4n) is 5.19. The number of rotatable bonds is 6. The summed E-state index contributed by atoms with van der Waals surface area (Å²) in [7, 11) is -3.68. The van der Waals surface area contributed by atoms with E-state index in [9.17, 15) is 18.0 Å². The van der Waals surface area contributed by atoms with Crippen molar-refractivity contribution in [2.45, 2.75) is 50.7 Å². The first-order valence-corrected chi connectivity index (χ1v) is 14.4. The molecule has 0 bridgehead atoms. The Morgan fingerprint density at radius 2 is 1.74 bits per heavy atom. The highest BCUT2D eigenvalue weighted by Crippen LogP contribution is 2.40. The molecule has 1 saturated carbocycles. The van der Waals surface area contributed by atoms with E-state index < -0.39 is 27.2 Å². The van der Waals surface area contributed by atoms with Gasteiger partial charge in [0.1, 0.15) is 5.56 Å². The van der Waals surface area contributed by atoms with Gasteiger partial charge in [-0.15, -0.1) is 0 Å². The van der Waals surface area contributed by atoms with Crippen LogP contribution < -0.4 is 5.43 Å². The molecule has 2 heterocycles. The maximum atomic E-state index is 16.2. The van der Waals surface area contributed by atoms with Crippen LogP contribution in [0.4, 0.5) is 4.39 Å². The summed E-state index contributed by atoms with van der Waals surface area (Å²) in [4.78, 5) is 25.8. The number of benzene rings is 3. The van der Waals surface area contributed by atoms with Crippen molar-refractivity contribution in [3.63, 3.8) is 0 Å². The molecular formula is C30H27FN2O5S. The van der Waals surface area contributed by atoms with Gasteiger partial charge in [-0.2, -0.15) is 4.31 Å². The normalized spacial score (nSPS) is 15.5. The van der Waals surface area contributed by atoms with E-state index in [1.54, 1.807) is 54.0 Å². The molecule has 0 atom stereocenters. The lowest BCUT2D eigenvalue weighted by atomic mass is 9.98. The number of pyridine rings is 1. The van der Waals surface area contributed by atoms with Crippen molar-refractivity contribution in [1.82, 2.24) is 8.87 Å². The first kappa shape index (κ1) is 25.5. The first-order chi connectivity index (χ1) is 18.7. The van der Waals surface area contributed by atoms with Crippen LogP contribution in [0.15, 0.2) is 70.5 Å². The molecule has 1 fully saturated rings. The van der Waals surface area contributed by atoms with Gasteiger partial charge in [0.2, 0.25) is 15.5 Å². The molecule has 4 aromatic rings. The predicted molar refractivity (Wildman–Crippen MR) is 145 cm³/mol. The van der Waals surface area contributed by atoms with E-state index in [4.69, 9.17) is 4.74 Å². The fraction of sp³-hybridized carbons (Fsp3) is 0.267. The first-order valence-electron chi connectivity index (χ1n) is 12.9. The second-order valence-corrected chi connectivity index (χ2v) is 12.1. The lowest BCUT2D eigenvalue weighted by Crippen LogP contribution is -2.25. The molecule has 39 heavy (non-hydrogen) atoms. The van der Waals surface area contributed by atoms with Crippen molar-refractivity contribution in [3.05, 3.63) is 99.1 Å². The van der Waals surface area contributed by atoms with Crippen LogP contribution in [0, 0.1) is 12.7 Å². The van der Waals surface area contributed by atoms with Crippen molar-refractivity contribution in [3.8, 4) is 11.1 Å². The summed E-state index contributed by atoms with van der Waals surface area (Å²) in [6.45, 7) is 4.13. The Kier molecular flexibility index (Phi) is 6.15. The largest absolute Gasteiger partial charge is 0.462 e. The Morgan fingerprint density at radius 3 is 2.44 bits per heavy atom. The maximum absolute atomic E-state index is 16.2. The number of carbonyl (C=O) groups excluding carboxylic acids is 1. The highest BCUT2D eigenvalue weighted by molar-refractivity contribution is 7.89. The minimum absolute atomic E-state index is 0.00610. The van der Waals surface area contributed by atoms with Gasteiger partial charge in [-0.3, -0.25) is 4.79 Å². The van der Waals surface area contributed by atoms with Crippen LogP contribution in [0.5, 0.6) is 0 Å². The molecule has 0 radical (unpaired) electrons. The zero-order chi connectivity index (χ0) is 27.5. The number of esters is 1. The molecule has 3 aromatic carbocycles. The van der Waals surface area contributed by atoms with Gasteiger partial charge in [0, 0.05) is 36.3 Å². The summed E-state index contributed by atoms with van der Waals surface area (Å²) in [6, 6.07) is 15.3. The number of hydrogen-bond donors (Lipinski definition) is 0. The minimum atomic E-state index is -3.68. The molecule has 200 valence electrons. The van der Waals surface area contributed by atoms with E-state index in [-0.39, 0.29) is 47.1 Å². The van der Waals surface area contributed by atoms with Gasteiger partial charge in [-0.05, 0) is 67.6 Å². The lowest BCUT2D eigenvalue weighted by Gasteiger charge is -2.16. The van der Waals surface area contributed by atoms with Crippen LogP contribution in [-0.2, 0) is 27.8 Å². The zero-order valence-electron chi connectivity index (χ0n) is 21.6. The van der Waals surface area contributed by atoms with Crippen molar-refractivity contribution in [2.75, 3.05) is 6.61 Å². The van der Waals surface area contributed by atoms with Gasteiger partial charge in [-0.1, -0.05) is 35.9 Å². The summed E-state index contributed by atoms with van der Waals surface area (Å²) in [6.07, 6.45) is 3.08. The highest BCUT2D eigenvalue weighted by atomic mass is 32.2. The van der Waals surface area contributed by atoms with Crippen LogP contribution in [-0.4, -0.2) is 29.9 Å². The number of sulfonamides is 1. The number of fused-ring (bicyclic) bond motifs is 2. The molecule has 0 unspecified atom stereocenters. The Bertz CT molecular complexity index is 1810. The van der Waals surface area contributed by atoms with Gasteiger partial charge in [0.05, 0.1) is 17.0 Å². The molecule has 0 N–H and O–H groups in total. The number of carbonyl (C=O) groups is 1. The van der Waals surface area contributed by atoms with E-state index in [1.807, 2.05) is 19.1 Å². The number of halogens is 1. The quantitative estimate of drug-likeness (QED) is 0.305. The maximum Gasteiger partial charge on any atom is 0.343 e. The van der Waals surface area contributed by atoms with Gasteiger partial charge in [0.15, 0.2) is 5.82 Å². The number of aryl methyl sites for hydroxylation is 1. The molecule has 6 rings (SSSR count). The van der Waals surface area contributed by atoms with Crippen molar-refractivity contribution in [2.24, 2.45) is 0 Å². The van der Waals surface area contributed by atoms with Crippen molar-refractivity contribution < 1.29 is 22.3 Å². The van der Waals surface area contributed by atoms with Gasteiger partial charge in [0.25, 0.3) is 0 Å². The Balaban J connectivity index is 1.39. The van der Waals surface area contributed by atoms with E-state index in [0.717, 1.165) is 29.5 Å². The molecule has 1 aliphatic carbocycles.